The number of halogens is 3. The van der Waals surface area contributed by atoms with Gasteiger partial charge in [-0.1, -0.05) is 48.5 Å². The second kappa shape index (κ2) is 5.83. The van der Waals surface area contributed by atoms with E-state index in [4.69, 9.17) is 0 Å². The number of hydrogen-bond donors (Lipinski definition) is 0. The van der Waals surface area contributed by atoms with Crippen LogP contribution < -0.4 is 4.18 Å². The van der Waals surface area contributed by atoms with Crippen molar-refractivity contribution in [2.45, 2.75) is 5.51 Å². The molecule has 24 heavy (non-hydrogen) atoms. The van der Waals surface area contributed by atoms with E-state index >= 15 is 0 Å². The molecule has 7 heteroatoms. The molecule has 3 aromatic rings. The van der Waals surface area contributed by atoms with E-state index in [9.17, 15) is 21.6 Å². The molecule has 0 spiro atoms. The fourth-order valence-electron chi connectivity index (χ4n) is 2.26. The Labute approximate surface area is 136 Å². The molecule has 0 fully saturated rings. The van der Waals surface area contributed by atoms with Gasteiger partial charge in [-0.2, -0.15) is 21.6 Å². The third-order valence-corrected chi connectivity index (χ3v) is 4.39. The van der Waals surface area contributed by atoms with Crippen molar-refractivity contribution in [3.8, 4) is 16.9 Å². The standard InChI is InChI=1S/C17H11F3O3S/c18-17(19,20)24(21,22)23-16-9-8-13-6-7-14(10-15(13)11-16)12-4-2-1-3-5-12/h1-11H. The van der Waals surface area contributed by atoms with Gasteiger partial charge in [0.15, 0.2) is 0 Å². The topological polar surface area (TPSA) is 43.4 Å². The average Bonchev–Trinajstić information content (AvgIpc) is 2.53. The van der Waals surface area contributed by atoms with Crippen molar-refractivity contribution in [3.63, 3.8) is 0 Å². The minimum absolute atomic E-state index is 0.384. The summed E-state index contributed by atoms with van der Waals surface area (Å²) < 4.78 is 63.6. The lowest BCUT2D eigenvalue weighted by Crippen LogP contribution is -2.28. The van der Waals surface area contributed by atoms with Crippen molar-refractivity contribution in [2.24, 2.45) is 0 Å². The Morgan fingerprint density at radius 2 is 1.42 bits per heavy atom. The summed E-state index contributed by atoms with van der Waals surface area (Å²) in [7, 11) is -5.68. The molecule has 0 aliphatic carbocycles. The third kappa shape index (κ3) is 3.21. The molecule has 3 nitrogen and oxygen atoms in total. The van der Waals surface area contributed by atoms with Gasteiger partial charge in [0.25, 0.3) is 0 Å². The van der Waals surface area contributed by atoms with Crippen LogP contribution in [0.15, 0.2) is 66.7 Å². The maximum absolute atomic E-state index is 12.4. The quantitative estimate of drug-likeness (QED) is 0.505. The Balaban J connectivity index is 2.01. The van der Waals surface area contributed by atoms with Gasteiger partial charge in [0.05, 0.1) is 0 Å². The molecule has 0 N–H and O–H groups in total. The van der Waals surface area contributed by atoms with Crippen LogP contribution in [0, 0.1) is 0 Å². The monoisotopic (exact) mass is 352 g/mol. The first-order valence-corrected chi connectivity index (χ1v) is 8.27. The van der Waals surface area contributed by atoms with Gasteiger partial charge >= 0.3 is 15.6 Å². The SMILES string of the molecule is O=S(=O)(Oc1ccc2ccc(-c3ccccc3)cc2c1)C(F)(F)F. The first-order chi connectivity index (χ1) is 11.3. The van der Waals surface area contributed by atoms with Crippen LogP contribution in [0.5, 0.6) is 5.75 Å². The number of fused-ring (bicyclic) bond motifs is 1. The summed E-state index contributed by atoms with van der Waals surface area (Å²) in [5.74, 6) is -0.384. The number of rotatable bonds is 3. The highest BCUT2D eigenvalue weighted by Crippen LogP contribution is 2.30. The van der Waals surface area contributed by atoms with Crippen molar-refractivity contribution in [1.82, 2.24) is 0 Å². The molecule has 0 saturated carbocycles. The highest BCUT2D eigenvalue weighted by molar-refractivity contribution is 7.88. The van der Waals surface area contributed by atoms with Gasteiger partial charge < -0.3 is 4.18 Å². The van der Waals surface area contributed by atoms with Crippen molar-refractivity contribution in [1.29, 1.82) is 0 Å². The lowest BCUT2D eigenvalue weighted by Gasteiger charge is -2.10. The zero-order valence-electron chi connectivity index (χ0n) is 12.1. The molecule has 0 saturated heterocycles. The summed E-state index contributed by atoms with van der Waals surface area (Å²) in [5.41, 5.74) is -3.67. The molecule has 0 bridgehead atoms. The van der Waals surface area contributed by atoms with Crippen LogP contribution in [0.4, 0.5) is 13.2 Å². The van der Waals surface area contributed by atoms with E-state index in [-0.39, 0.29) is 5.75 Å². The van der Waals surface area contributed by atoms with Crippen molar-refractivity contribution < 1.29 is 25.8 Å². The highest BCUT2D eigenvalue weighted by Gasteiger charge is 2.48. The van der Waals surface area contributed by atoms with E-state index in [1.807, 2.05) is 36.4 Å². The lowest BCUT2D eigenvalue weighted by molar-refractivity contribution is -0.0500. The molecule has 0 atom stereocenters. The van der Waals surface area contributed by atoms with Gasteiger partial charge in [-0.15, -0.1) is 0 Å². The Kier molecular flexibility index (Phi) is 3.96. The molecule has 0 aromatic heterocycles. The van der Waals surface area contributed by atoms with Gasteiger partial charge in [-0.25, -0.2) is 0 Å². The van der Waals surface area contributed by atoms with Gasteiger partial charge in [0.2, 0.25) is 0 Å². The van der Waals surface area contributed by atoms with Gasteiger partial charge in [0.1, 0.15) is 5.75 Å². The Bertz CT molecular complexity index is 981. The van der Waals surface area contributed by atoms with Crippen molar-refractivity contribution in [3.05, 3.63) is 66.7 Å². The maximum Gasteiger partial charge on any atom is 0.534 e. The van der Waals surface area contributed by atoms with E-state index in [0.717, 1.165) is 16.5 Å². The molecule has 0 aliphatic heterocycles. The third-order valence-electron chi connectivity index (χ3n) is 3.41. The van der Waals surface area contributed by atoms with Gasteiger partial charge in [0, 0.05) is 0 Å². The van der Waals surface area contributed by atoms with Crippen LogP contribution in [0.3, 0.4) is 0 Å². The Hall–Kier alpha value is -2.54. The molecule has 0 heterocycles. The van der Waals surface area contributed by atoms with Crippen LogP contribution >= 0.6 is 0 Å². The van der Waals surface area contributed by atoms with Crippen LogP contribution in [0.2, 0.25) is 0 Å². The fourth-order valence-corrected chi connectivity index (χ4v) is 2.71. The summed E-state index contributed by atoms with van der Waals surface area (Å²) in [6, 6.07) is 18.8. The Morgan fingerprint density at radius 1 is 0.750 bits per heavy atom. The normalized spacial score (nSPS) is 12.3. The summed E-state index contributed by atoms with van der Waals surface area (Å²) in [4.78, 5) is 0. The minimum Gasteiger partial charge on any atom is -0.376 e. The number of benzene rings is 3. The predicted octanol–water partition coefficient (Wildman–Crippen LogP) is 4.74. The number of alkyl halides is 3. The lowest BCUT2D eigenvalue weighted by atomic mass is 10.0. The van der Waals surface area contributed by atoms with Crippen LogP contribution in [-0.2, 0) is 10.1 Å². The first-order valence-electron chi connectivity index (χ1n) is 6.86. The van der Waals surface area contributed by atoms with Crippen LogP contribution in [0.25, 0.3) is 21.9 Å². The average molecular weight is 352 g/mol. The second-order valence-electron chi connectivity index (χ2n) is 5.07. The van der Waals surface area contributed by atoms with Gasteiger partial charge in [-0.05, 0) is 40.1 Å². The zero-order chi connectivity index (χ0) is 17.4. The largest absolute Gasteiger partial charge is 0.534 e. The Morgan fingerprint density at radius 3 is 2.08 bits per heavy atom. The second-order valence-corrected chi connectivity index (χ2v) is 6.61. The van der Waals surface area contributed by atoms with E-state index in [1.54, 1.807) is 12.1 Å². The molecule has 0 radical (unpaired) electrons. The summed E-state index contributed by atoms with van der Waals surface area (Å²) in [5, 5.41) is 1.33. The summed E-state index contributed by atoms with van der Waals surface area (Å²) in [6.07, 6.45) is 0. The maximum atomic E-state index is 12.4. The van der Waals surface area contributed by atoms with E-state index < -0.39 is 15.6 Å². The van der Waals surface area contributed by atoms with Crippen molar-refractivity contribution in [2.75, 3.05) is 0 Å². The molecular formula is C17H11F3O3S. The van der Waals surface area contributed by atoms with Gasteiger partial charge in [-0.3, -0.25) is 0 Å². The van der Waals surface area contributed by atoms with Crippen molar-refractivity contribution >= 4 is 20.9 Å². The molecule has 0 unspecified atom stereocenters. The summed E-state index contributed by atoms with van der Waals surface area (Å²) >= 11 is 0. The zero-order valence-corrected chi connectivity index (χ0v) is 12.9. The minimum atomic E-state index is -5.68. The molecule has 3 rings (SSSR count). The molecular weight excluding hydrogens is 341 g/mol. The smallest absolute Gasteiger partial charge is 0.376 e. The van der Waals surface area contributed by atoms with E-state index in [0.29, 0.717) is 5.39 Å². The fraction of sp³-hybridized carbons (Fsp3) is 0.0588. The highest BCUT2D eigenvalue weighted by atomic mass is 32.2. The van der Waals surface area contributed by atoms with Crippen LogP contribution in [-0.4, -0.2) is 13.9 Å². The molecule has 0 aliphatic rings. The molecule has 3 aromatic carbocycles. The van der Waals surface area contributed by atoms with Crippen LogP contribution in [0.1, 0.15) is 0 Å². The summed E-state index contributed by atoms with van der Waals surface area (Å²) in [6.45, 7) is 0. The van der Waals surface area contributed by atoms with E-state index in [1.165, 1.54) is 18.2 Å². The predicted molar refractivity (Wildman–Crippen MR) is 85.0 cm³/mol. The first kappa shape index (κ1) is 16.3. The molecule has 124 valence electrons. The van der Waals surface area contributed by atoms with E-state index in [2.05, 4.69) is 4.18 Å². The number of hydrogen-bond acceptors (Lipinski definition) is 3. The molecule has 0 amide bonds.